The van der Waals surface area contributed by atoms with Gasteiger partial charge in [0.25, 0.3) is 0 Å². The molecule has 0 aliphatic rings. The number of unbranched alkanes of at least 4 members (excludes halogenated alkanes) is 1. The minimum absolute atomic E-state index is 0.128. The van der Waals surface area contributed by atoms with Gasteiger partial charge in [0.15, 0.2) is 0 Å². The predicted molar refractivity (Wildman–Crippen MR) is 42.1 cm³/mol. The smallest absolute Gasteiger partial charge is 0.391 e. The van der Waals surface area contributed by atoms with E-state index in [0.717, 1.165) is 12.8 Å². The van der Waals surface area contributed by atoms with Crippen LogP contribution in [0, 0.1) is 0 Å². The summed E-state index contributed by atoms with van der Waals surface area (Å²) < 4.78 is 0. The molecular weight excluding hydrogens is 162 g/mol. The Balaban J connectivity index is 3.86. The number of nitrogens with one attached hydrogen (secondary N) is 1. The van der Waals surface area contributed by atoms with Crippen LogP contribution in [0.4, 0.5) is 0 Å². The zero-order chi connectivity index (χ0) is 9.61. The summed E-state index contributed by atoms with van der Waals surface area (Å²) in [6.07, 6.45) is -1.04. The second-order valence-electron chi connectivity index (χ2n) is 2.82. The van der Waals surface area contributed by atoms with Gasteiger partial charge in [0.05, 0.1) is 13.2 Å². The third-order valence-electron chi connectivity index (χ3n) is 1.72. The van der Waals surface area contributed by atoms with Crippen LogP contribution in [0.1, 0.15) is 19.8 Å². The molecule has 0 bridgehead atoms. The molecule has 5 N–H and O–H groups in total. The quantitative estimate of drug-likeness (QED) is 0.287. The van der Waals surface area contributed by atoms with Crippen LogP contribution in [-0.4, -0.2) is 46.2 Å². The molecule has 0 heterocycles. The van der Waals surface area contributed by atoms with Crippen molar-refractivity contribution in [2.45, 2.75) is 25.9 Å². The normalized spacial score (nSPS) is 14.8. The molecule has 1 unspecified atom stereocenters. The standard InChI is InChI=1S/C7H17NO4/c1-2-3-4-8(5-6-9)7(10,11)12/h9-12H,2-6H2,1H3/p+1. The van der Waals surface area contributed by atoms with Crippen molar-refractivity contribution in [3.63, 3.8) is 0 Å². The maximum Gasteiger partial charge on any atom is 0.440 e. The Hall–Kier alpha value is -0.200. The summed E-state index contributed by atoms with van der Waals surface area (Å²) in [4.78, 5) is 0.173. The molecule has 0 aromatic rings. The summed E-state index contributed by atoms with van der Waals surface area (Å²) >= 11 is 0. The molecule has 0 aliphatic carbocycles. The molecule has 74 valence electrons. The number of hydrogen-bond donors (Lipinski definition) is 5. The third-order valence-corrected chi connectivity index (χ3v) is 1.72. The van der Waals surface area contributed by atoms with E-state index in [9.17, 15) is 0 Å². The van der Waals surface area contributed by atoms with Gasteiger partial charge < -0.3 is 5.11 Å². The van der Waals surface area contributed by atoms with Crippen LogP contribution in [0.3, 0.4) is 0 Å². The fourth-order valence-electron chi connectivity index (χ4n) is 0.986. The molecule has 0 fully saturated rings. The Morgan fingerprint density at radius 2 is 1.75 bits per heavy atom. The van der Waals surface area contributed by atoms with Gasteiger partial charge in [-0.05, 0) is 6.42 Å². The molecule has 0 aromatic heterocycles. The molecule has 12 heavy (non-hydrogen) atoms. The molecule has 0 aromatic carbocycles. The summed E-state index contributed by atoms with van der Waals surface area (Å²) in [5.74, 6) is 0. The Morgan fingerprint density at radius 3 is 2.08 bits per heavy atom. The fourth-order valence-corrected chi connectivity index (χ4v) is 0.986. The first-order valence-corrected chi connectivity index (χ1v) is 4.15. The lowest BCUT2D eigenvalue weighted by atomic mass is 10.3. The second kappa shape index (κ2) is 5.45. The minimum atomic E-state index is -2.72. The third kappa shape index (κ3) is 4.63. The topological polar surface area (TPSA) is 85.4 Å². The number of rotatable bonds is 6. The van der Waals surface area contributed by atoms with Crippen LogP contribution in [0.5, 0.6) is 0 Å². The Bertz CT molecular complexity index is 112. The summed E-state index contributed by atoms with van der Waals surface area (Å²) in [5, 5.41) is 34.9. The number of hydrogen-bond acceptors (Lipinski definition) is 4. The lowest BCUT2D eigenvalue weighted by Crippen LogP contribution is -3.21. The molecule has 0 amide bonds. The van der Waals surface area contributed by atoms with Crippen molar-refractivity contribution in [2.75, 3.05) is 19.7 Å². The van der Waals surface area contributed by atoms with E-state index in [0.29, 0.717) is 6.54 Å². The predicted octanol–water partition coefficient (Wildman–Crippen LogP) is -2.75. The molecule has 0 radical (unpaired) electrons. The van der Waals surface area contributed by atoms with E-state index in [1.165, 1.54) is 0 Å². The first-order chi connectivity index (χ1) is 5.52. The highest BCUT2D eigenvalue weighted by molar-refractivity contribution is 4.33. The van der Waals surface area contributed by atoms with Gasteiger partial charge in [0.1, 0.15) is 6.54 Å². The lowest BCUT2D eigenvalue weighted by Gasteiger charge is -2.25. The van der Waals surface area contributed by atoms with Gasteiger partial charge in [-0.1, -0.05) is 13.3 Å². The zero-order valence-corrected chi connectivity index (χ0v) is 7.32. The lowest BCUT2D eigenvalue weighted by molar-refractivity contribution is -1.04. The van der Waals surface area contributed by atoms with Gasteiger partial charge in [0.2, 0.25) is 0 Å². The largest absolute Gasteiger partial charge is 0.440 e. The van der Waals surface area contributed by atoms with E-state index in [2.05, 4.69) is 0 Å². The van der Waals surface area contributed by atoms with Gasteiger partial charge in [-0.2, -0.15) is 0 Å². The highest BCUT2D eigenvalue weighted by Crippen LogP contribution is 1.83. The van der Waals surface area contributed by atoms with Crippen molar-refractivity contribution < 1.29 is 25.3 Å². The second-order valence-corrected chi connectivity index (χ2v) is 2.82. The zero-order valence-electron chi connectivity index (χ0n) is 7.32. The Labute approximate surface area is 71.9 Å². The van der Waals surface area contributed by atoms with E-state index in [4.69, 9.17) is 20.4 Å². The molecular formula is C7H18NO4+. The summed E-state index contributed by atoms with van der Waals surface area (Å²) in [6, 6.07) is 0. The summed E-state index contributed by atoms with van der Waals surface area (Å²) in [6.45, 7) is 2.34. The van der Waals surface area contributed by atoms with Gasteiger partial charge in [0, 0.05) is 0 Å². The van der Waals surface area contributed by atoms with Crippen LogP contribution < -0.4 is 4.90 Å². The van der Waals surface area contributed by atoms with Crippen LogP contribution in [0.2, 0.25) is 0 Å². The monoisotopic (exact) mass is 180 g/mol. The van der Waals surface area contributed by atoms with E-state index in [1.807, 2.05) is 6.92 Å². The molecule has 0 saturated heterocycles. The van der Waals surface area contributed by atoms with Gasteiger partial charge in [-0.15, -0.1) is 0 Å². The van der Waals surface area contributed by atoms with Gasteiger partial charge >= 0.3 is 6.10 Å². The highest BCUT2D eigenvalue weighted by atomic mass is 16.7. The number of aliphatic hydroxyl groups excluding tert-OH is 1. The molecule has 0 spiro atoms. The Morgan fingerprint density at radius 1 is 1.17 bits per heavy atom. The molecule has 1 atom stereocenters. The molecule has 0 aliphatic heterocycles. The molecule has 5 nitrogen and oxygen atoms in total. The van der Waals surface area contributed by atoms with E-state index in [-0.39, 0.29) is 18.1 Å². The van der Waals surface area contributed by atoms with E-state index in [1.54, 1.807) is 0 Å². The van der Waals surface area contributed by atoms with Crippen molar-refractivity contribution in [1.82, 2.24) is 0 Å². The Kier molecular flexibility index (Phi) is 5.36. The van der Waals surface area contributed by atoms with Gasteiger partial charge in [-0.3, -0.25) is 20.2 Å². The average Bonchev–Trinajstić information content (AvgIpc) is 1.95. The van der Waals surface area contributed by atoms with Crippen molar-refractivity contribution in [1.29, 1.82) is 0 Å². The van der Waals surface area contributed by atoms with Crippen molar-refractivity contribution in [3.05, 3.63) is 0 Å². The first kappa shape index (κ1) is 11.8. The minimum Gasteiger partial charge on any atom is -0.391 e. The number of aliphatic hydroxyl groups is 4. The maximum absolute atomic E-state index is 8.80. The van der Waals surface area contributed by atoms with E-state index >= 15 is 0 Å². The molecule has 0 saturated carbocycles. The van der Waals surface area contributed by atoms with Crippen molar-refractivity contribution >= 4 is 0 Å². The van der Waals surface area contributed by atoms with Crippen LogP contribution >= 0.6 is 0 Å². The SMILES string of the molecule is CCCC[NH+](CCO)C(O)(O)O. The number of quaternary nitrogens is 1. The van der Waals surface area contributed by atoms with Crippen molar-refractivity contribution in [2.24, 2.45) is 0 Å². The van der Waals surface area contributed by atoms with Crippen molar-refractivity contribution in [3.8, 4) is 0 Å². The summed E-state index contributed by atoms with van der Waals surface area (Å²) in [5.41, 5.74) is 0. The average molecular weight is 180 g/mol. The van der Waals surface area contributed by atoms with E-state index < -0.39 is 6.10 Å². The van der Waals surface area contributed by atoms with Crippen LogP contribution in [0.15, 0.2) is 0 Å². The van der Waals surface area contributed by atoms with Gasteiger partial charge in [-0.25, -0.2) is 0 Å². The highest BCUT2D eigenvalue weighted by Gasteiger charge is 2.32. The molecule has 0 rings (SSSR count). The summed E-state index contributed by atoms with van der Waals surface area (Å²) in [7, 11) is 0. The molecule has 5 heteroatoms. The van der Waals surface area contributed by atoms with Crippen LogP contribution in [0.25, 0.3) is 0 Å². The van der Waals surface area contributed by atoms with Crippen LogP contribution in [-0.2, 0) is 0 Å². The fraction of sp³-hybridized carbons (Fsp3) is 1.00. The first-order valence-electron chi connectivity index (χ1n) is 4.15. The maximum atomic E-state index is 8.80.